The fourth-order valence-electron chi connectivity index (χ4n) is 1.37. The normalized spacial score (nSPS) is 10.9. The Balaban J connectivity index is 3.21. The molecule has 0 unspecified atom stereocenters. The van der Waals surface area contributed by atoms with Crippen molar-refractivity contribution in [3.63, 3.8) is 0 Å². The summed E-state index contributed by atoms with van der Waals surface area (Å²) in [6.45, 7) is 3.29. The molecular weight excluding hydrogens is 180 g/mol. The van der Waals surface area contributed by atoms with E-state index in [-0.39, 0.29) is 11.2 Å². The smallest absolute Gasteiger partial charge is 0.223 e. The summed E-state index contributed by atoms with van der Waals surface area (Å²) in [5.41, 5.74) is 0.358. The third-order valence-corrected chi connectivity index (χ3v) is 2.07. The third kappa shape index (κ3) is 2.14. The van der Waals surface area contributed by atoms with Crippen molar-refractivity contribution >= 4 is 0 Å². The lowest BCUT2D eigenvalue weighted by Crippen LogP contribution is -2.19. The van der Waals surface area contributed by atoms with Crippen molar-refractivity contribution in [3.8, 4) is 5.75 Å². The molecule has 1 heterocycles. The van der Waals surface area contributed by atoms with Crippen molar-refractivity contribution < 1.29 is 5.11 Å². The maximum absolute atomic E-state index is 11.2. The third-order valence-electron chi connectivity index (χ3n) is 2.07. The van der Waals surface area contributed by atoms with E-state index in [4.69, 9.17) is 0 Å². The van der Waals surface area contributed by atoms with Crippen molar-refractivity contribution in [1.29, 1.82) is 0 Å². The van der Waals surface area contributed by atoms with E-state index in [1.54, 1.807) is 6.20 Å². The summed E-state index contributed by atoms with van der Waals surface area (Å²) in [6, 6.07) is 1.39. The number of rotatable bonds is 3. The van der Waals surface area contributed by atoms with Gasteiger partial charge < -0.3 is 14.6 Å². The Labute approximate surface area is 83.4 Å². The molecule has 0 spiro atoms. The Morgan fingerprint density at radius 3 is 2.64 bits per heavy atom. The molecule has 0 atom stereocenters. The second-order valence-electron chi connectivity index (χ2n) is 3.50. The fraction of sp³-hybridized carbons (Fsp3) is 0.500. The predicted molar refractivity (Wildman–Crippen MR) is 55.4 cm³/mol. The van der Waals surface area contributed by atoms with Gasteiger partial charge in [-0.1, -0.05) is 0 Å². The average molecular weight is 196 g/mol. The highest BCUT2D eigenvalue weighted by Gasteiger charge is 2.09. The Morgan fingerprint density at radius 1 is 1.50 bits per heavy atom. The second kappa shape index (κ2) is 4.28. The van der Waals surface area contributed by atoms with E-state index in [0.29, 0.717) is 12.2 Å². The molecule has 1 aromatic rings. The lowest BCUT2D eigenvalue weighted by molar-refractivity contribution is 0.365. The number of hydrogen-bond acceptors (Lipinski definition) is 3. The first-order valence-electron chi connectivity index (χ1n) is 4.62. The van der Waals surface area contributed by atoms with Crippen LogP contribution in [-0.4, -0.2) is 28.7 Å². The first kappa shape index (κ1) is 10.8. The lowest BCUT2D eigenvalue weighted by atomic mass is 10.3. The fourth-order valence-corrected chi connectivity index (χ4v) is 1.37. The Bertz CT molecular complexity index is 369. The van der Waals surface area contributed by atoms with Crippen LogP contribution in [0.4, 0.5) is 0 Å². The van der Waals surface area contributed by atoms with Crippen molar-refractivity contribution in [2.75, 3.05) is 14.1 Å². The van der Waals surface area contributed by atoms with Gasteiger partial charge in [-0.05, 0) is 21.0 Å². The quantitative estimate of drug-likeness (QED) is 0.771. The minimum absolute atomic E-state index is 0.136. The molecule has 78 valence electrons. The molecule has 0 aliphatic heterocycles. The number of nitrogens with zero attached hydrogens (tertiary/aromatic N) is 2. The van der Waals surface area contributed by atoms with Gasteiger partial charge in [0.1, 0.15) is 0 Å². The zero-order chi connectivity index (χ0) is 10.7. The second-order valence-corrected chi connectivity index (χ2v) is 3.50. The summed E-state index contributed by atoms with van der Waals surface area (Å²) >= 11 is 0. The molecule has 0 fully saturated rings. The van der Waals surface area contributed by atoms with Gasteiger partial charge in [0.05, 0.1) is 5.69 Å². The SMILES string of the molecule is CCn1ccc(=O)c(O)c1CN(C)C. The maximum Gasteiger partial charge on any atom is 0.223 e. The van der Waals surface area contributed by atoms with Gasteiger partial charge in [-0.3, -0.25) is 4.79 Å². The molecule has 0 amide bonds. The average Bonchev–Trinajstić information content (AvgIpc) is 2.13. The largest absolute Gasteiger partial charge is 0.503 e. The predicted octanol–water partition coefficient (Wildman–Crippen LogP) is 0.635. The standard InChI is InChI=1S/C10H16N2O2/c1-4-12-6-5-9(13)10(14)8(12)7-11(2)3/h5-6,14H,4,7H2,1-3H3. The molecule has 0 saturated carbocycles. The number of aromatic nitrogens is 1. The van der Waals surface area contributed by atoms with Crippen LogP contribution >= 0.6 is 0 Å². The summed E-state index contributed by atoms with van der Waals surface area (Å²) in [7, 11) is 3.80. The van der Waals surface area contributed by atoms with E-state index in [9.17, 15) is 9.90 Å². The van der Waals surface area contributed by atoms with Crippen LogP contribution in [0.2, 0.25) is 0 Å². The van der Waals surface area contributed by atoms with Crippen LogP contribution in [0.3, 0.4) is 0 Å². The van der Waals surface area contributed by atoms with Crippen molar-refractivity contribution in [2.45, 2.75) is 20.0 Å². The Kier molecular flexibility index (Phi) is 3.30. The van der Waals surface area contributed by atoms with Crippen LogP contribution in [0.1, 0.15) is 12.6 Å². The summed E-state index contributed by atoms with van der Waals surface area (Å²) in [5.74, 6) is -0.136. The zero-order valence-electron chi connectivity index (χ0n) is 8.82. The highest BCUT2D eigenvalue weighted by atomic mass is 16.3. The maximum atomic E-state index is 11.2. The number of aromatic hydroxyl groups is 1. The van der Waals surface area contributed by atoms with E-state index >= 15 is 0 Å². The van der Waals surface area contributed by atoms with Gasteiger partial charge in [0.15, 0.2) is 5.75 Å². The van der Waals surface area contributed by atoms with Crippen LogP contribution in [0.5, 0.6) is 5.75 Å². The highest BCUT2D eigenvalue weighted by Crippen LogP contribution is 2.12. The van der Waals surface area contributed by atoms with E-state index in [1.165, 1.54) is 6.07 Å². The molecule has 0 saturated heterocycles. The van der Waals surface area contributed by atoms with Crippen LogP contribution in [0.15, 0.2) is 17.1 Å². The minimum atomic E-state index is -0.313. The molecule has 0 aliphatic carbocycles. The molecule has 0 bridgehead atoms. The van der Waals surface area contributed by atoms with Gasteiger partial charge in [-0.2, -0.15) is 0 Å². The van der Waals surface area contributed by atoms with Gasteiger partial charge in [-0.15, -0.1) is 0 Å². The molecule has 14 heavy (non-hydrogen) atoms. The van der Waals surface area contributed by atoms with E-state index in [1.807, 2.05) is 30.5 Å². The highest BCUT2D eigenvalue weighted by molar-refractivity contribution is 5.26. The Hall–Kier alpha value is -1.29. The van der Waals surface area contributed by atoms with Gasteiger partial charge in [0.25, 0.3) is 0 Å². The van der Waals surface area contributed by atoms with E-state index in [2.05, 4.69) is 0 Å². The van der Waals surface area contributed by atoms with Gasteiger partial charge in [0.2, 0.25) is 5.43 Å². The van der Waals surface area contributed by atoms with Gasteiger partial charge >= 0.3 is 0 Å². The van der Waals surface area contributed by atoms with Crippen LogP contribution < -0.4 is 5.43 Å². The van der Waals surface area contributed by atoms with Crippen LogP contribution in [0.25, 0.3) is 0 Å². The Morgan fingerprint density at radius 2 is 2.14 bits per heavy atom. The van der Waals surface area contributed by atoms with Crippen LogP contribution in [-0.2, 0) is 13.1 Å². The zero-order valence-corrected chi connectivity index (χ0v) is 8.82. The topological polar surface area (TPSA) is 45.5 Å². The number of hydrogen-bond donors (Lipinski definition) is 1. The lowest BCUT2D eigenvalue weighted by Gasteiger charge is -2.16. The monoisotopic (exact) mass is 196 g/mol. The van der Waals surface area contributed by atoms with Crippen LogP contribution in [0, 0.1) is 0 Å². The van der Waals surface area contributed by atoms with Crippen molar-refractivity contribution in [3.05, 3.63) is 28.2 Å². The summed E-state index contributed by atoms with van der Waals surface area (Å²) in [4.78, 5) is 13.1. The molecule has 4 heteroatoms. The first-order chi connectivity index (χ1) is 6.56. The van der Waals surface area contributed by atoms with E-state index in [0.717, 1.165) is 6.54 Å². The van der Waals surface area contributed by atoms with Gasteiger partial charge in [-0.25, -0.2) is 0 Å². The summed E-state index contributed by atoms with van der Waals surface area (Å²) in [6.07, 6.45) is 1.71. The molecule has 1 N–H and O–H groups in total. The minimum Gasteiger partial charge on any atom is -0.503 e. The molecule has 0 radical (unpaired) electrons. The molecule has 1 aromatic heterocycles. The molecule has 1 rings (SSSR count). The van der Waals surface area contributed by atoms with E-state index < -0.39 is 0 Å². The van der Waals surface area contributed by atoms with Crippen molar-refractivity contribution in [2.24, 2.45) is 0 Å². The number of pyridine rings is 1. The van der Waals surface area contributed by atoms with Crippen molar-refractivity contribution in [1.82, 2.24) is 9.47 Å². The molecule has 0 aromatic carbocycles. The summed E-state index contributed by atoms with van der Waals surface area (Å²) in [5, 5.41) is 9.60. The van der Waals surface area contributed by atoms with Gasteiger partial charge in [0, 0.05) is 25.4 Å². The molecular formula is C10H16N2O2. The first-order valence-corrected chi connectivity index (χ1v) is 4.62. The molecule has 0 aliphatic rings. The summed E-state index contributed by atoms with van der Waals surface area (Å²) < 4.78 is 1.87. The molecule has 4 nitrogen and oxygen atoms in total. The number of aryl methyl sites for hydroxylation is 1.